The third kappa shape index (κ3) is 4.08. The molecule has 0 aromatic heterocycles. The van der Waals surface area contributed by atoms with E-state index in [9.17, 15) is 0 Å². The maximum Gasteiger partial charge on any atom is 0.0465 e. The molecular weight excluding hydrogens is 286 g/mol. The molecule has 0 heterocycles. The van der Waals surface area contributed by atoms with Gasteiger partial charge in [-0.05, 0) is 30.7 Å². The first-order chi connectivity index (χ1) is 7.69. The van der Waals surface area contributed by atoms with E-state index in [1.165, 1.54) is 18.4 Å². The third-order valence-electron chi connectivity index (χ3n) is 2.63. The largest absolute Gasteiger partial charge is 0.310 e. The van der Waals surface area contributed by atoms with E-state index in [0.717, 1.165) is 22.5 Å². The van der Waals surface area contributed by atoms with Crippen molar-refractivity contribution in [1.29, 1.82) is 0 Å². The second-order valence-electron chi connectivity index (χ2n) is 3.92. The zero-order valence-electron chi connectivity index (χ0n) is 9.89. The van der Waals surface area contributed by atoms with Gasteiger partial charge in [0.1, 0.15) is 0 Å². The Hall–Kier alpha value is -0.0500. The van der Waals surface area contributed by atoms with Crippen molar-refractivity contribution in [1.82, 2.24) is 5.32 Å². The molecule has 16 heavy (non-hydrogen) atoms. The lowest BCUT2D eigenvalue weighted by molar-refractivity contribution is 0.495. The molecule has 0 aliphatic heterocycles. The Kier molecular flexibility index (Phi) is 6.40. The zero-order valence-corrected chi connectivity index (χ0v) is 12.2. The van der Waals surface area contributed by atoms with Gasteiger partial charge in [-0.2, -0.15) is 0 Å². The van der Waals surface area contributed by atoms with Gasteiger partial charge in [-0.25, -0.2) is 0 Å². The monoisotopic (exact) mass is 303 g/mol. The lowest BCUT2D eigenvalue weighted by Crippen LogP contribution is -2.21. The summed E-state index contributed by atoms with van der Waals surface area (Å²) in [6.07, 6.45) is 3.59. The van der Waals surface area contributed by atoms with Crippen LogP contribution in [0, 0.1) is 0 Å². The van der Waals surface area contributed by atoms with Gasteiger partial charge in [0.2, 0.25) is 0 Å². The molecule has 0 spiro atoms. The summed E-state index contributed by atoms with van der Waals surface area (Å²) in [6.45, 7) is 5.32. The molecule has 0 aliphatic rings. The SMILES string of the molecule is CCCCC(NCC)c1ccc(Br)cc1Cl. The molecule has 0 amide bonds. The van der Waals surface area contributed by atoms with Gasteiger partial charge in [0, 0.05) is 15.5 Å². The Morgan fingerprint density at radius 2 is 2.12 bits per heavy atom. The van der Waals surface area contributed by atoms with Crippen LogP contribution in [-0.4, -0.2) is 6.54 Å². The summed E-state index contributed by atoms with van der Waals surface area (Å²) in [5.74, 6) is 0. The second kappa shape index (κ2) is 7.31. The predicted molar refractivity (Wildman–Crippen MR) is 75.1 cm³/mol. The summed E-state index contributed by atoms with van der Waals surface area (Å²) in [7, 11) is 0. The van der Waals surface area contributed by atoms with Crippen molar-refractivity contribution in [2.75, 3.05) is 6.54 Å². The molecular formula is C13H19BrClN. The van der Waals surface area contributed by atoms with Crippen LogP contribution in [0.3, 0.4) is 0 Å². The fraction of sp³-hybridized carbons (Fsp3) is 0.538. The van der Waals surface area contributed by atoms with Crippen molar-refractivity contribution < 1.29 is 0 Å². The number of hydrogen-bond donors (Lipinski definition) is 1. The Morgan fingerprint density at radius 1 is 1.38 bits per heavy atom. The summed E-state index contributed by atoms with van der Waals surface area (Å²) in [5.41, 5.74) is 1.21. The van der Waals surface area contributed by atoms with Crippen LogP contribution < -0.4 is 5.32 Å². The zero-order chi connectivity index (χ0) is 12.0. The van der Waals surface area contributed by atoms with Gasteiger partial charge in [-0.1, -0.05) is 60.3 Å². The van der Waals surface area contributed by atoms with Gasteiger partial charge in [0.15, 0.2) is 0 Å². The van der Waals surface area contributed by atoms with Gasteiger partial charge < -0.3 is 5.32 Å². The quantitative estimate of drug-likeness (QED) is 0.784. The van der Waals surface area contributed by atoms with Crippen molar-refractivity contribution >= 4 is 27.5 Å². The van der Waals surface area contributed by atoms with Crippen LogP contribution in [0.1, 0.15) is 44.7 Å². The third-order valence-corrected chi connectivity index (χ3v) is 3.46. The van der Waals surface area contributed by atoms with Crippen molar-refractivity contribution in [3.05, 3.63) is 33.3 Å². The minimum Gasteiger partial charge on any atom is -0.310 e. The summed E-state index contributed by atoms with van der Waals surface area (Å²) < 4.78 is 1.03. The van der Waals surface area contributed by atoms with Gasteiger partial charge in [0.25, 0.3) is 0 Å². The average molecular weight is 305 g/mol. The van der Waals surface area contributed by atoms with Crippen molar-refractivity contribution in [3.8, 4) is 0 Å². The van der Waals surface area contributed by atoms with Crippen molar-refractivity contribution in [3.63, 3.8) is 0 Å². The summed E-state index contributed by atoms with van der Waals surface area (Å²) in [4.78, 5) is 0. The fourth-order valence-electron chi connectivity index (χ4n) is 1.81. The normalized spacial score (nSPS) is 12.8. The fourth-order valence-corrected chi connectivity index (χ4v) is 2.61. The highest BCUT2D eigenvalue weighted by Gasteiger charge is 2.13. The van der Waals surface area contributed by atoms with Crippen molar-refractivity contribution in [2.24, 2.45) is 0 Å². The Labute approximate surface area is 112 Å². The molecule has 0 fully saturated rings. The molecule has 1 nitrogen and oxygen atoms in total. The molecule has 1 atom stereocenters. The number of unbranched alkanes of at least 4 members (excludes halogenated alkanes) is 1. The minimum absolute atomic E-state index is 0.380. The number of hydrogen-bond acceptors (Lipinski definition) is 1. The van der Waals surface area contributed by atoms with Crippen LogP contribution in [0.4, 0.5) is 0 Å². The summed E-state index contributed by atoms with van der Waals surface area (Å²) in [6, 6.07) is 6.51. The van der Waals surface area contributed by atoms with Crippen LogP contribution in [0.5, 0.6) is 0 Å². The molecule has 0 saturated heterocycles. The van der Waals surface area contributed by atoms with E-state index >= 15 is 0 Å². The van der Waals surface area contributed by atoms with E-state index in [-0.39, 0.29) is 0 Å². The molecule has 1 N–H and O–H groups in total. The number of halogens is 2. The molecule has 1 aromatic rings. The molecule has 1 aromatic carbocycles. The standard InChI is InChI=1S/C13H19BrClN/c1-3-5-6-13(16-4-2)11-8-7-10(14)9-12(11)15/h7-9,13,16H,3-6H2,1-2H3. The lowest BCUT2D eigenvalue weighted by atomic mass is 10.0. The molecule has 0 aliphatic carbocycles. The smallest absolute Gasteiger partial charge is 0.0465 e. The van der Waals surface area contributed by atoms with E-state index in [1.54, 1.807) is 0 Å². The van der Waals surface area contributed by atoms with E-state index < -0.39 is 0 Å². The van der Waals surface area contributed by atoms with Crippen LogP contribution in [0.2, 0.25) is 5.02 Å². The summed E-state index contributed by atoms with van der Waals surface area (Å²) in [5, 5.41) is 4.34. The van der Waals surface area contributed by atoms with E-state index in [4.69, 9.17) is 11.6 Å². The molecule has 0 bridgehead atoms. The van der Waals surface area contributed by atoms with Gasteiger partial charge in [0.05, 0.1) is 0 Å². The maximum absolute atomic E-state index is 6.27. The van der Waals surface area contributed by atoms with Crippen LogP contribution in [-0.2, 0) is 0 Å². The van der Waals surface area contributed by atoms with Crippen molar-refractivity contribution in [2.45, 2.75) is 39.2 Å². The molecule has 0 saturated carbocycles. The van der Waals surface area contributed by atoms with E-state index in [2.05, 4.69) is 47.2 Å². The first-order valence-corrected chi connectivity index (χ1v) is 7.04. The number of nitrogens with one attached hydrogen (secondary N) is 1. The Balaban J connectivity index is 2.82. The maximum atomic E-state index is 6.27. The van der Waals surface area contributed by atoms with E-state index in [0.29, 0.717) is 6.04 Å². The van der Waals surface area contributed by atoms with Gasteiger partial charge in [-0.15, -0.1) is 0 Å². The predicted octanol–water partition coefficient (Wildman–Crippen LogP) is 4.94. The molecule has 1 rings (SSSR count). The first kappa shape index (κ1) is 14.0. The number of rotatable bonds is 6. The lowest BCUT2D eigenvalue weighted by Gasteiger charge is -2.19. The van der Waals surface area contributed by atoms with Crippen LogP contribution in [0.25, 0.3) is 0 Å². The van der Waals surface area contributed by atoms with Crippen LogP contribution >= 0.6 is 27.5 Å². The van der Waals surface area contributed by atoms with E-state index in [1.807, 2.05) is 6.07 Å². The molecule has 0 radical (unpaired) electrons. The highest BCUT2D eigenvalue weighted by molar-refractivity contribution is 9.10. The first-order valence-electron chi connectivity index (χ1n) is 5.87. The molecule has 90 valence electrons. The van der Waals surface area contributed by atoms with Crippen LogP contribution in [0.15, 0.2) is 22.7 Å². The van der Waals surface area contributed by atoms with Gasteiger partial charge in [-0.3, -0.25) is 0 Å². The topological polar surface area (TPSA) is 12.0 Å². The Morgan fingerprint density at radius 3 is 2.69 bits per heavy atom. The Bertz CT molecular complexity index is 328. The number of benzene rings is 1. The highest BCUT2D eigenvalue weighted by Crippen LogP contribution is 2.29. The molecule has 1 unspecified atom stereocenters. The minimum atomic E-state index is 0.380. The second-order valence-corrected chi connectivity index (χ2v) is 5.24. The average Bonchev–Trinajstić information content (AvgIpc) is 2.25. The highest BCUT2D eigenvalue weighted by atomic mass is 79.9. The molecule has 3 heteroatoms. The summed E-state index contributed by atoms with van der Waals surface area (Å²) >= 11 is 9.70. The van der Waals surface area contributed by atoms with Gasteiger partial charge >= 0.3 is 0 Å².